The zero-order valence-corrected chi connectivity index (χ0v) is 30.7. The van der Waals surface area contributed by atoms with E-state index in [1.165, 1.54) is 11.8 Å². The number of sulfonamides is 1. The number of aromatic nitrogens is 2. The number of thioether (sulfide) groups is 1. The molecule has 1 unspecified atom stereocenters. The predicted molar refractivity (Wildman–Crippen MR) is 209 cm³/mol. The molecule has 2 aromatic heterocycles. The second-order valence-electron chi connectivity index (χ2n) is 12.9. The number of oxazole rings is 1. The number of hydrogen-bond donors (Lipinski definition) is 2. The highest BCUT2D eigenvalue weighted by Crippen LogP contribution is 2.41. The van der Waals surface area contributed by atoms with E-state index in [1.54, 1.807) is 24.4 Å². The molecular weight excluding hydrogens is 719 g/mol. The first-order chi connectivity index (χ1) is 26.4. The Morgan fingerprint density at radius 2 is 1.43 bits per heavy atom. The van der Waals surface area contributed by atoms with E-state index in [0.717, 1.165) is 44.5 Å². The number of ether oxygens (including phenoxy) is 2. The first-order valence-corrected chi connectivity index (χ1v) is 20.1. The standard InChI is InChI=1S/C43H37N3O6S2/c47-27-30-18-20-31(21-19-30)37-25-36(28-53-43-46-40(33-9-3-1-4-10-33)41(52-43)34-11-5-2-6-12-34)50-42(51-37)35-22-16-29(17-23-35)26-45-54(48,49)38-15-7-13-32-14-8-24-44-39(32)38/h1-24,36-37,42,45,47H,25-28H2/t36-,37+,42?/m0/s1. The van der Waals surface area contributed by atoms with E-state index in [9.17, 15) is 13.5 Å². The van der Waals surface area contributed by atoms with Crippen LogP contribution in [0.3, 0.4) is 0 Å². The van der Waals surface area contributed by atoms with Crippen LogP contribution in [-0.4, -0.2) is 35.3 Å². The van der Waals surface area contributed by atoms with E-state index in [4.69, 9.17) is 18.9 Å². The molecule has 8 rings (SSSR count). The Labute approximate surface area is 318 Å². The SMILES string of the molecule is O=S(=O)(NCc1ccc(C2O[C@H](CSc3nc(-c4ccccc4)c(-c4ccccc4)o3)C[C@H](c3ccc(CO)cc3)O2)cc1)c1cccc2cccnc12. The third-order valence-electron chi connectivity index (χ3n) is 9.30. The molecule has 9 nitrogen and oxygen atoms in total. The number of aliphatic hydroxyl groups is 1. The molecule has 0 amide bonds. The molecule has 0 saturated carbocycles. The van der Waals surface area contributed by atoms with Crippen LogP contribution in [0.2, 0.25) is 0 Å². The van der Waals surface area contributed by atoms with Gasteiger partial charge in [-0.05, 0) is 28.8 Å². The molecule has 0 spiro atoms. The number of fused-ring (bicyclic) bond motifs is 1. The molecule has 3 atom stereocenters. The Kier molecular flexibility index (Phi) is 10.7. The third kappa shape index (κ3) is 8.02. The van der Waals surface area contributed by atoms with Crippen LogP contribution in [0.5, 0.6) is 0 Å². The number of benzene rings is 5. The number of pyridine rings is 1. The normalized spacial score (nSPS) is 17.5. The molecule has 7 aromatic rings. The van der Waals surface area contributed by atoms with Gasteiger partial charge >= 0.3 is 0 Å². The summed E-state index contributed by atoms with van der Waals surface area (Å²) in [6, 6.07) is 44.1. The molecule has 3 heterocycles. The summed E-state index contributed by atoms with van der Waals surface area (Å²) in [5, 5.41) is 10.9. The van der Waals surface area contributed by atoms with E-state index in [2.05, 4.69) is 9.71 Å². The van der Waals surface area contributed by atoms with E-state index in [-0.39, 0.29) is 30.3 Å². The van der Waals surface area contributed by atoms with Crippen molar-refractivity contribution in [3.05, 3.63) is 168 Å². The van der Waals surface area contributed by atoms with Gasteiger partial charge in [0.2, 0.25) is 10.0 Å². The van der Waals surface area contributed by atoms with Gasteiger partial charge in [-0.2, -0.15) is 0 Å². The van der Waals surface area contributed by atoms with Crippen LogP contribution in [0, 0.1) is 0 Å². The first kappa shape index (κ1) is 35.9. The fourth-order valence-corrected chi connectivity index (χ4v) is 8.50. The van der Waals surface area contributed by atoms with Crippen molar-refractivity contribution >= 4 is 32.7 Å². The Hall–Kier alpha value is -5.14. The monoisotopic (exact) mass is 755 g/mol. The summed E-state index contributed by atoms with van der Waals surface area (Å²) in [4.78, 5) is 9.37. The summed E-state index contributed by atoms with van der Waals surface area (Å²) in [5.74, 6) is 1.28. The van der Waals surface area contributed by atoms with Gasteiger partial charge in [-0.25, -0.2) is 18.1 Å². The number of nitrogens with zero attached hydrogens (tertiary/aromatic N) is 2. The molecular formula is C43H37N3O6S2. The van der Waals surface area contributed by atoms with Crippen molar-refractivity contribution in [2.75, 3.05) is 5.75 Å². The lowest BCUT2D eigenvalue weighted by atomic mass is 10.0. The average Bonchev–Trinajstić information content (AvgIpc) is 3.67. The summed E-state index contributed by atoms with van der Waals surface area (Å²) in [6.07, 6.45) is 1.02. The second-order valence-corrected chi connectivity index (χ2v) is 15.7. The Balaban J connectivity index is 1.000. The highest BCUT2D eigenvalue weighted by Gasteiger charge is 2.33. The molecule has 0 radical (unpaired) electrons. The lowest BCUT2D eigenvalue weighted by Crippen LogP contribution is -2.31. The maximum Gasteiger partial charge on any atom is 0.256 e. The van der Waals surface area contributed by atoms with Gasteiger partial charge in [-0.1, -0.05) is 139 Å². The van der Waals surface area contributed by atoms with Crippen LogP contribution in [0.25, 0.3) is 33.5 Å². The third-order valence-corrected chi connectivity index (χ3v) is 11.7. The van der Waals surface area contributed by atoms with Gasteiger partial charge in [-0.3, -0.25) is 4.98 Å². The Morgan fingerprint density at radius 1 is 0.741 bits per heavy atom. The number of rotatable bonds is 12. The van der Waals surface area contributed by atoms with Gasteiger partial charge < -0.3 is 19.0 Å². The van der Waals surface area contributed by atoms with Crippen molar-refractivity contribution in [1.29, 1.82) is 0 Å². The van der Waals surface area contributed by atoms with E-state index in [1.807, 2.05) is 121 Å². The van der Waals surface area contributed by atoms with E-state index < -0.39 is 16.3 Å². The van der Waals surface area contributed by atoms with Gasteiger partial charge in [0.1, 0.15) is 10.6 Å². The van der Waals surface area contributed by atoms with Crippen LogP contribution < -0.4 is 4.72 Å². The van der Waals surface area contributed by atoms with Crippen molar-refractivity contribution in [3.63, 3.8) is 0 Å². The summed E-state index contributed by atoms with van der Waals surface area (Å²) in [7, 11) is -3.82. The Bertz CT molecular complexity index is 2380. The topological polar surface area (TPSA) is 124 Å². The molecule has 0 bridgehead atoms. The molecule has 1 aliphatic rings. The highest BCUT2D eigenvalue weighted by atomic mass is 32.2. The van der Waals surface area contributed by atoms with Crippen LogP contribution in [0.1, 0.15) is 41.1 Å². The molecule has 1 fully saturated rings. The van der Waals surface area contributed by atoms with Gasteiger partial charge in [0.05, 0.1) is 24.3 Å². The van der Waals surface area contributed by atoms with Crippen molar-refractivity contribution in [2.45, 2.75) is 48.2 Å². The van der Waals surface area contributed by atoms with E-state index >= 15 is 0 Å². The molecule has 1 saturated heterocycles. The maximum atomic E-state index is 13.3. The molecule has 2 N–H and O–H groups in total. The van der Waals surface area contributed by atoms with E-state index in [0.29, 0.717) is 28.7 Å². The van der Waals surface area contributed by atoms with Gasteiger partial charge in [0, 0.05) is 47.0 Å². The number of nitrogens with one attached hydrogen (secondary N) is 1. The highest BCUT2D eigenvalue weighted by molar-refractivity contribution is 7.99. The van der Waals surface area contributed by atoms with Gasteiger partial charge in [0.15, 0.2) is 12.1 Å². The van der Waals surface area contributed by atoms with Crippen LogP contribution in [0.15, 0.2) is 160 Å². The largest absolute Gasteiger partial charge is 0.431 e. The van der Waals surface area contributed by atoms with Crippen LogP contribution in [-0.2, 0) is 32.6 Å². The minimum atomic E-state index is -3.82. The molecule has 11 heteroatoms. The van der Waals surface area contributed by atoms with Crippen molar-refractivity contribution in [1.82, 2.24) is 14.7 Å². The summed E-state index contributed by atoms with van der Waals surface area (Å²) < 4.78 is 48.8. The lowest BCUT2D eigenvalue weighted by Gasteiger charge is -2.36. The van der Waals surface area contributed by atoms with Crippen LogP contribution in [0.4, 0.5) is 0 Å². The summed E-state index contributed by atoms with van der Waals surface area (Å²) in [5.41, 5.74) is 6.53. The molecule has 5 aromatic carbocycles. The molecule has 54 heavy (non-hydrogen) atoms. The maximum absolute atomic E-state index is 13.3. The smallest absolute Gasteiger partial charge is 0.256 e. The first-order valence-electron chi connectivity index (χ1n) is 17.6. The van der Waals surface area contributed by atoms with Crippen molar-refractivity contribution < 1.29 is 27.4 Å². The minimum absolute atomic E-state index is 0.0375. The summed E-state index contributed by atoms with van der Waals surface area (Å²) in [6.45, 7) is 0.0631. The van der Waals surface area contributed by atoms with Crippen molar-refractivity contribution in [3.8, 4) is 22.6 Å². The second kappa shape index (κ2) is 16.1. The predicted octanol–water partition coefficient (Wildman–Crippen LogP) is 8.87. The van der Waals surface area contributed by atoms with Crippen LogP contribution >= 0.6 is 11.8 Å². The Morgan fingerprint density at radius 3 is 2.17 bits per heavy atom. The number of aliphatic hydroxyl groups excluding tert-OH is 1. The number of para-hydroxylation sites is 1. The zero-order chi connectivity index (χ0) is 36.9. The molecule has 1 aliphatic heterocycles. The van der Waals surface area contributed by atoms with Gasteiger partial charge in [-0.15, -0.1) is 0 Å². The molecule has 0 aliphatic carbocycles. The lowest BCUT2D eigenvalue weighted by molar-refractivity contribution is -0.245. The van der Waals surface area contributed by atoms with Gasteiger partial charge in [0.25, 0.3) is 5.22 Å². The number of hydrogen-bond acceptors (Lipinski definition) is 9. The average molecular weight is 756 g/mol. The van der Waals surface area contributed by atoms with Crippen molar-refractivity contribution in [2.24, 2.45) is 0 Å². The summed E-state index contributed by atoms with van der Waals surface area (Å²) >= 11 is 1.50. The minimum Gasteiger partial charge on any atom is -0.431 e. The zero-order valence-electron chi connectivity index (χ0n) is 29.1. The molecule has 272 valence electrons. The quantitative estimate of drug-likeness (QED) is 0.118. The fraction of sp³-hybridized carbons (Fsp3) is 0.163. The fourth-order valence-electron chi connectivity index (χ4n) is 6.47.